The molecule has 6 nitrogen and oxygen atoms in total. The van der Waals surface area contributed by atoms with Crippen LogP contribution in [0.15, 0.2) is 47.5 Å². The van der Waals surface area contributed by atoms with Crippen LogP contribution in [0.3, 0.4) is 0 Å². The normalized spacial score (nSPS) is 19.9. The molecule has 31 heavy (non-hydrogen) atoms. The van der Waals surface area contributed by atoms with Gasteiger partial charge in [-0.1, -0.05) is 36.8 Å². The average molecular weight is 437 g/mol. The molecule has 2 aromatic heterocycles. The van der Waals surface area contributed by atoms with Gasteiger partial charge in [0.15, 0.2) is 4.96 Å². The molecule has 2 aliphatic rings. The van der Waals surface area contributed by atoms with Crippen molar-refractivity contribution >= 4 is 22.2 Å². The van der Waals surface area contributed by atoms with Gasteiger partial charge in [-0.3, -0.25) is 14.0 Å². The van der Waals surface area contributed by atoms with E-state index in [0.717, 1.165) is 50.3 Å². The fourth-order valence-corrected chi connectivity index (χ4v) is 5.81. The zero-order valence-corrected chi connectivity index (χ0v) is 18.5. The summed E-state index contributed by atoms with van der Waals surface area (Å²) in [5.41, 5.74) is 1.12. The van der Waals surface area contributed by atoms with Crippen LogP contribution in [0.2, 0.25) is 0 Å². The predicted molar refractivity (Wildman–Crippen MR) is 123 cm³/mol. The molecule has 162 valence electrons. The third kappa shape index (κ3) is 4.29. The summed E-state index contributed by atoms with van der Waals surface area (Å²) in [4.78, 5) is 37.0. The zero-order chi connectivity index (χ0) is 21.2. The summed E-state index contributed by atoms with van der Waals surface area (Å²) in [5.74, 6) is -0.165. The number of rotatable bonds is 5. The summed E-state index contributed by atoms with van der Waals surface area (Å²) in [6.07, 6.45) is 9.88. The summed E-state index contributed by atoms with van der Waals surface area (Å²) in [5, 5.41) is 0. The number of carbonyl (C=O) groups is 1. The van der Waals surface area contributed by atoms with Gasteiger partial charge in [0, 0.05) is 42.8 Å². The molecule has 0 radical (unpaired) electrons. The molecule has 2 saturated heterocycles. The molecular formula is C24H28N4O2S. The molecule has 1 amide bonds. The number of benzene rings is 1. The number of aromatic nitrogens is 2. The lowest BCUT2D eigenvalue weighted by Crippen LogP contribution is -2.46. The second-order valence-electron chi connectivity index (χ2n) is 8.65. The Bertz CT molecular complexity index is 1120. The van der Waals surface area contributed by atoms with Crippen molar-refractivity contribution in [3.8, 4) is 0 Å². The number of hydrogen-bond donors (Lipinski definition) is 0. The number of hydrogen-bond acceptors (Lipinski definition) is 5. The van der Waals surface area contributed by atoms with E-state index in [0.29, 0.717) is 4.96 Å². The Kier molecular flexibility index (Phi) is 5.87. The maximum absolute atomic E-state index is 13.3. The van der Waals surface area contributed by atoms with Crippen LogP contribution in [0.25, 0.3) is 4.96 Å². The van der Waals surface area contributed by atoms with Crippen LogP contribution in [0.4, 0.5) is 0 Å². The monoisotopic (exact) mass is 436 g/mol. The number of likely N-dealkylation sites (tertiary alicyclic amines) is 2. The van der Waals surface area contributed by atoms with Gasteiger partial charge in [0.1, 0.15) is 5.56 Å². The summed E-state index contributed by atoms with van der Waals surface area (Å²) in [6.45, 7) is 3.88. The molecule has 4 heterocycles. The lowest BCUT2D eigenvalue weighted by molar-refractivity contribution is 0.0688. The van der Waals surface area contributed by atoms with Gasteiger partial charge in [0.05, 0.1) is 0 Å². The Morgan fingerprint density at radius 3 is 2.68 bits per heavy atom. The van der Waals surface area contributed by atoms with Gasteiger partial charge < -0.3 is 9.80 Å². The molecule has 0 aliphatic carbocycles. The lowest BCUT2D eigenvalue weighted by Gasteiger charge is -2.32. The molecule has 5 rings (SSSR count). The van der Waals surface area contributed by atoms with Crippen LogP contribution in [0.5, 0.6) is 0 Å². The maximum atomic E-state index is 13.3. The van der Waals surface area contributed by atoms with Gasteiger partial charge in [0.25, 0.3) is 11.5 Å². The van der Waals surface area contributed by atoms with Crippen LogP contribution in [0.1, 0.15) is 52.9 Å². The van der Waals surface area contributed by atoms with Gasteiger partial charge in [-0.25, -0.2) is 4.98 Å². The fraction of sp³-hybridized carbons (Fsp3) is 0.458. The first kappa shape index (κ1) is 20.4. The number of carbonyl (C=O) groups excluding carboxylic acids is 1. The van der Waals surface area contributed by atoms with E-state index < -0.39 is 0 Å². The van der Waals surface area contributed by atoms with Crippen molar-refractivity contribution < 1.29 is 4.79 Å². The van der Waals surface area contributed by atoms with E-state index in [9.17, 15) is 9.59 Å². The Morgan fingerprint density at radius 1 is 1.06 bits per heavy atom. The Labute approximate surface area is 186 Å². The standard InChI is InChI=1S/C24H28N4O2S/c29-22(27-13-7-10-19(27)16-26-11-5-2-6-12-26)21-15-25-24-28(23(21)30)17-20(31-24)14-18-8-3-1-4-9-18/h1,3-4,8-9,15,17,19H,2,5-7,10-14,16H2. The maximum Gasteiger partial charge on any atom is 0.271 e. The molecule has 3 aromatic rings. The molecule has 2 fully saturated rings. The van der Waals surface area contributed by atoms with Crippen LogP contribution in [-0.4, -0.2) is 57.3 Å². The summed E-state index contributed by atoms with van der Waals surface area (Å²) in [7, 11) is 0. The molecule has 7 heteroatoms. The summed E-state index contributed by atoms with van der Waals surface area (Å²) >= 11 is 1.50. The Balaban J connectivity index is 1.37. The van der Waals surface area contributed by atoms with Gasteiger partial charge in [-0.2, -0.15) is 0 Å². The van der Waals surface area contributed by atoms with E-state index in [1.807, 2.05) is 29.3 Å². The smallest absolute Gasteiger partial charge is 0.271 e. The van der Waals surface area contributed by atoms with Crippen molar-refractivity contribution in [2.75, 3.05) is 26.2 Å². The highest BCUT2D eigenvalue weighted by molar-refractivity contribution is 7.17. The molecule has 0 N–H and O–H groups in total. The molecule has 0 bridgehead atoms. The molecule has 0 spiro atoms. The molecule has 0 saturated carbocycles. The first-order valence-corrected chi connectivity index (χ1v) is 12.1. The van der Waals surface area contributed by atoms with Crippen LogP contribution < -0.4 is 5.56 Å². The number of piperidine rings is 1. The molecule has 1 atom stereocenters. The largest absolute Gasteiger partial charge is 0.334 e. The van der Waals surface area contributed by atoms with Gasteiger partial charge in [-0.05, 0) is 44.3 Å². The molecule has 2 aliphatic heterocycles. The topological polar surface area (TPSA) is 57.9 Å². The lowest BCUT2D eigenvalue weighted by atomic mass is 10.1. The van der Waals surface area contributed by atoms with Gasteiger partial charge in [-0.15, -0.1) is 11.3 Å². The SMILES string of the molecule is O=C(c1cnc2sc(Cc3ccccc3)cn2c1=O)N1CCCC1CN1CCCCC1. The minimum atomic E-state index is -0.255. The average Bonchev–Trinajstić information content (AvgIpc) is 3.42. The van der Waals surface area contributed by atoms with Crippen molar-refractivity contribution in [2.45, 2.75) is 44.6 Å². The third-order valence-electron chi connectivity index (χ3n) is 6.46. The van der Waals surface area contributed by atoms with Gasteiger partial charge >= 0.3 is 0 Å². The molecule has 1 aromatic carbocycles. The second-order valence-corrected chi connectivity index (χ2v) is 9.74. The first-order chi connectivity index (χ1) is 15.2. The van der Waals surface area contributed by atoms with Crippen molar-refractivity contribution in [1.29, 1.82) is 0 Å². The Hall–Kier alpha value is -2.51. The minimum Gasteiger partial charge on any atom is -0.334 e. The number of thiazole rings is 1. The van der Waals surface area contributed by atoms with Crippen LogP contribution >= 0.6 is 11.3 Å². The van der Waals surface area contributed by atoms with E-state index in [1.54, 1.807) is 4.40 Å². The summed E-state index contributed by atoms with van der Waals surface area (Å²) < 4.78 is 1.55. The summed E-state index contributed by atoms with van der Waals surface area (Å²) in [6, 6.07) is 10.4. The van der Waals surface area contributed by atoms with Crippen molar-refractivity contribution in [1.82, 2.24) is 19.2 Å². The number of amides is 1. The van der Waals surface area contributed by atoms with E-state index in [2.05, 4.69) is 22.0 Å². The van der Waals surface area contributed by atoms with Gasteiger partial charge in [0.2, 0.25) is 0 Å². The van der Waals surface area contributed by atoms with Crippen molar-refractivity contribution in [3.05, 3.63) is 69.1 Å². The number of fused-ring (bicyclic) bond motifs is 1. The van der Waals surface area contributed by atoms with E-state index in [1.165, 1.54) is 42.4 Å². The van der Waals surface area contributed by atoms with Crippen LogP contribution in [-0.2, 0) is 6.42 Å². The molecule has 1 unspecified atom stereocenters. The van der Waals surface area contributed by atoms with E-state index in [-0.39, 0.29) is 23.1 Å². The Morgan fingerprint density at radius 2 is 1.87 bits per heavy atom. The third-order valence-corrected chi connectivity index (χ3v) is 7.46. The fourth-order valence-electron chi connectivity index (χ4n) is 4.84. The first-order valence-electron chi connectivity index (χ1n) is 11.3. The predicted octanol–water partition coefficient (Wildman–Crippen LogP) is 3.44. The van der Waals surface area contributed by atoms with Crippen molar-refractivity contribution in [2.24, 2.45) is 0 Å². The zero-order valence-electron chi connectivity index (χ0n) is 17.7. The highest BCUT2D eigenvalue weighted by Crippen LogP contribution is 2.23. The van der Waals surface area contributed by atoms with E-state index >= 15 is 0 Å². The second kappa shape index (κ2) is 8.93. The van der Waals surface area contributed by atoms with E-state index in [4.69, 9.17) is 0 Å². The minimum absolute atomic E-state index is 0.165. The highest BCUT2D eigenvalue weighted by Gasteiger charge is 2.32. The molecular weight excluding hydrogens is 408 g/mol. The van der Waals surface area contributed by atoms with Crippen molar-refractivity contribution in [3.63, 3.8) is 0 Å². The highest BCUT2D eigenvalue weighted by atomic mass is 32.1. The quantitative estimate of drug-likeness (QED) is 0.615. The number of nitrogens with zero attached hydrogens (tertiary/aromatic N) is 4. The van der Waals surface area contributed by atoms with Crippen LogP contribution in [0, 0.1) is 0 Å².